The Bertz CT molecular complexity index is 1410. The lowest BCUT2D eigenvalue weighted by molar-refractivity contribution is -0.216. The molecule has 0 atom stereocenters. The summed E-state index contributed by atoms with van der Waals surface area (Å²) in [5.41, 5.74) is 1.96. The molecule has 3 aromatic rings. The Morgan fingerprint density at radius 2 is 1.54 bits per heavy atom. The molecule has 11 nitrogen and oxygen atoms in total. The maximum Gasteiger partial charge on any atom is 0.233 e. The fraction of sp³-hybridized carbons (Fsp3) is 0.423. The zero-order valence-electron chi connectivity index (χ0n) is 22.6. The van der Waals surface area contributed by atoms with E-state index in [-0.39, 0.29) is 22.1 Å². The van der Waals surface area contributed by atoms with Crippen LogP contribution in [-0.4, -0.2) is 68.8 Å². The molecule has 2 heterocycles. The lowest BCUT2D eigenvalue weighted by Gasteiger charge is -2.40. The molecule has 210 valence electrons. The van der Waals surface area contributed by atoms with Crippen molar-refractivity contribution in [3.8, 4) is 5.75 Å². The van der Waals surface area contributed by atoms with Crippen LogP contribution in [0.4, 0.5) is 29.0 Å². The van der Waals surface area contributed by atoms with Crippen molar-refractivity contribution in [1.82, 2.24) is 15.0 Å². The van der Waals surface area contributed by atoms with Gasteiger partial charge in [-0.25, -0.2) is 8.42 Å². The fourth-order valence-electron chi connectivity index (χ4n) is 4.35. The second kappa shape index (κ2) is 11.9. The number of nitrogens with zero attached hydrogens (tertiary/aromatic N) is 4. The number of methoxy groups -OCH3 is 3. The van der Waals surface area contributed by atoms with Gasteiger partial charge in [-0.05, 0) is 49.7 Å². The molecule has 1 aliphatic rings. The third-order valence-corrected chi connectivity index (χ3v) is 9.11. The summed E-state index contributed by atoms with van der Waals surface area (Å²) in [7, 11) is 1.38. The van der Waals surface area contributed by atoms with E-state index in [1.165, 1.54) is 0 Å². The van der Waals surface area contributed by atoms with E-state index in [0.717, 1.165) is 31.6 Å². The van der Waals surface area contributed by atoms with Gasteiger partial charge in [0.2, 0.25) is 17.2 Å². The van der Waals surface area contributed by atoms with Crippen molar-refractivity contribution >= 4 is 50.4 Å². The van der Waals surface area contributed by atoms with Gasteiger partial charge >= 0.3 is 0 Å². The molecule has 0 bridgehead atoms. The van der Waals surface area contributed by atoms with E-state index in [0.29, 0.717) is 17.1 Å². The molecule has 13 heteroatoms. The summed E-state index contributed by atoms with van der Waals surface area (Å²) in [4.78, 5) is 15.1. The summed E-state index contributed by atoms with van der Waals surface area (Å²) in [5, 5.41) is 5.44. The largest absolute Gasteiger partial charge is 0.494 e. The van der Waals surface area contributed by atoms with Gasteiger partial charge in [-0.2, -0.15) is 15.0 Å². The molecule has 4 rings (SSSR count). The van der Waals surface area contributed by atoms with Gasteiger partial charge in [-0.3, -0.25) is 0 Å². The molecule has 1 aliphatic heterocycles. The van der Waals surface area contributed by atoms with Crippen molar-refractivity contribution in [2.24, 2.45) is 0 Å². The number of halogens is 1. The van der Waals surface area contributed by atoms with E-state index >= 15 is 0 Å². The van der Waals surface area contributed by atoms with E-state index in [1.54, 1.807) is 59.4 Å². The Kier molecular flexibility index (Phi) is 8.80. The molecule has 39 heavy (non-hydrogen) atoms. The maximum atomic E-state index is 12.8. The third kappa shape index (κ3) is 6.35. The maximum absolute atomic E-state index is 12.8. The molecule has 0 spiro atoms. The van der Waals surface area contributed by atoms with Crippen LogP contribution in [0.3, 0.4) is 0 Å². The van der Waals surface area contributed by atoms with Gasteiger partial charge in [0.15, 0.2) is 15.6 Å². The number of nitrogens with one attached hydrogen (secondary N) is 2. The van der Waals surface area contributed by atoms with Crippen molar-refractivity contribution in [2.45, 2.75) is 42.6 Å². The monoisotopic (exact) mass is 576 g/mol. The van der Waals surface area contributed by atoms with Crippen molar-refractivity contribution < 1.29 is 22.6 Å². The Morgan fingerprint density at radius 3 is 2.13 bits per heavy atom. The molecule has 1 saturated heterocycles. The first-order valence-electron chi connectivity index (χ1n) is 12.4. The first-order chi connectivity index (χ1) is 18.6. The molecule has 2 N–H and O–H groups in total. The van der Waals surface area contributed by atoms with Gasteiger partial charge in [0.1, 0.15) is 5.75 Å². The van der Waals surface area contributed by atoms with Gasteiger partial charge in [0.05, 0.1) is 28.6 Å². The van der Waals surface area contributed by atoms with E-state index in [9.17, 15) is 8.42 Å². The zero-order valence-corrected chi connectivity index (χ0v) is 24.1. The second-order valence-electron chi connectivity index (χ2n) is 9.28. The normalized spacial score (nSPS) is 15.3. The summed E-state index contributed by atoms with van der Waals surface area (Å²) in [5.74, 6) is 0.288. The Labute approximate surface area is 233 Å². The first-order valence-corrected chi connectivity index (χ1v) is 14.3. The SMILES string of the molecule is COc1cc(N2CCC(OC)(OC)CC2)ccc1Nc1nc(Cl)nc(Nc2ccccc2S(=O)(=O)C(C)C)n1. The van der Waals surface area contributed by atoms with Gasteiger partial charge in [-0.1, -0.05) is 12.1 Å². The highest BCUT2D eigenvalue weighted by atomic mass is 35.5. The van der Waals surface area contributed by atoms with Crippen molar-refractivity contribution in [2.75, 3.05) is 50.0 Å². The number of hydrogen-bond acceptors (Lipinski definition) is 11. The predicted octanol–water partition coefficient (Wildman–Crippen LogP) is 4.79. The number of sulfone groups is 1. The summed E-state index contributed by atoms with van der Waals surface area (Å²) >= 11 is 6.19. The molecule has 0 radical (unpaired) electrons. The summed E-state index contributed by atoms with van der Waals surface area (Å²) in [6.45, 7) is 4.79. The number of piperidine rings is 1. The average molecular weight is 577 g/mol. The van der Waals surface area contributed by atoms with Crippen LogP contribution >= 0.6 is 11.6 Å². The standard InChI is InChI=1S/C26H33ClN6O5S/c1-17(2)39(34,35)22-9-7-6-8-20(22)29-25-31-23(27)30-24(32-25)28-19-11-10-18(16-21(19)36-3)33-14-12-26(37-4,38-5)13-15-33/h6-11,16-17H,12-15H2,1-5H3,(H2,28,29,30,31,32). The van der Waals surface area contributed by atoms with E-state index in [2.05, 4.69) is 30.5 Å². The highest BCUT2D eigenvalue weighted by Gasteiger charge is 2.34. The molecule has 0 amide bonds. The molecule has 1 aromatic heterocycles. The van der Waals surface area contributed by atoms with Crippen LogP contribution in [0.2, 0.25) is 5.28 Å². The number of ether oxygens (including phenoxy) is 3. The predicted molar refractivity (Wildman–Crippen MR) is 151 cm³/mol. The quantitative estimate of drug-likeness (QED) is 0.323. The number of benzene rings is 2. The van der Waals surface area contributed by atoms with Crippen LogP contribution in [0.5, 0.6) is 5.75 Å². The average Bonchev–Trinajstić information content (AvgIpc) is 2.93. The zero-order chi connectivity index (χ0) is 28.2. The van der Waals surface area contributed by atoms with Crippen molar-refractivity contribution in [3.05, 3.63) is 47.7 Å². The summed E-state index contributed by atoms with van der Waals surface area (Å²) in [6, 6.07) is 12.4. The minimum Gasteiger partial charge on any atom is -0.494 e. The lowest BCUT2D eigenvalue weighted by Crippen LogP contribution is -2.46. The molecule has 0 unspecified atom stereocenters. The van der Waals surface area contributed by atoms with Crippen LogP contribution in [0.25, 0.3) is 0 Å². The molecular formula is C26H33ClN6O5S. The molecule has 0 saturated carbocycles. The smallest absolute Gasteiger partial charge is 0.233 e. The minimum absolute atomic E-state index is 0.0668. The second-order valence-corrected chi connectivity index (χ2v) is 12.1. The summed E-state index contributed by atoms with van der Waals surface area (Å²) < 4.78 is 42.5. The van der Waals surface area contributed by atoms with E-state index < -0.39 is 20.9 Å². The lowest BCUT2D eigenvalue weighted by atomic mass is 10.0. The number of para-hydroxylation sites is 1. The number of anilines is 5. The minimum atomic E-state index is -3.55. The highest BCUT2D eigenvalue weighted by molar-refractivity contribution is 7.92. The van der Waals surface area contributed by atoms with Crippen molar-refractivity contribution in [1.29, 1.82) is 0 Å². The topological polar surface area (TPSA) is 128 Å². The number of hydrogen-bond donors (Lipinski definition) is 2. The fourth-order valence-corrected chi connectivity index (χ4v) is 5.71. The Hall–Kier alpha value is -3.19. The Balaban J connectivity index is 1.55. The van der Waals surface area contributed by atoms with Crippen LogP contribution in [0.15, 0.2) is 47.4 Å². The molecule has 2 aromatic carbocycles. The van der Waals surface area contributed by atoms with Gasteiger partial charge < -0.3 is 29.7 Å². The molecular weight excluding hydrogens is 544 g/mol. The third-order valence-electron chi connectivity index (χ3n) is 6.73. The van der Waals surface area contributed by atoms with Gasteiger partial charge in [0.25, 0.3) is 0 Å². The Morgan fingerprint density at radius 1 is 0.923 bits per heavy atom. The first kappa shape index (κ1) is 28.8. The summed E-state index contributed by atoms with van der Waals surface area (Å²) in [6.07, 6.45) is 1.48. The van der Waals surface area contributed by atoms with Crippen LogP contribution in [-0.2, 0) is 19.3 Å². The van der Waals surface area contributed by atoms with Crippen LogP contribution in [0, 0.1) is 0 Å². The molecule has 1 fully saturated rings. The van der Waals surface area contributed by atoms with Crippen molar-refractivity contribution in [3.63, 3.8) is 0 Å². The van der Waals surface area contributed by atoms with Crippen LogP contribution in [0.1, 0.15) is 26.7 Å². The highest BCUT2D eigenvalue weighted by Crippen LogP contribution is 2.35. The van der Waals surface area contributed by atoms with E-state index in [1.807, 2.05) is 18.2 Å². The van der Waals surface area contributed by atoms with Gasteiger partial charge in [-0.15, -0.1) is 0 Å². The number of aromatic nitrogens is 3. The molecule has 0 aliphatic carbocycles. The van der Waals surface area contributed by atoms with Crippen LogP contribution < -0.4 is 20.3 Å². The van der Waals surface area contributed by atoms with E-state index in [4.69, 9.17) is 25.8 Å². The van der Waals surface area contributed by atoms with Gasteiger partial charge in [0, 0.05) is 51.9 Å². The number of rotatable bonds is 10.